The van der Waals surface area contributed by atoms with Crippen LogP contribution in [0.3, 0.4) is 0 Å². The standard InChI is InChI=1S/C19H17N5O2/c1-13(16-9-6-10-17(11-16)24(25)26)22-23-19-12-18(20-14(2)21-19)15-7-4-3-5-8-15/h3-12H,1-2H3,(H,20,21,23)/b22-13-. The summed E-state index contributed by atoms with van der Waals surface area (Å²) >= 11 is 0. The molecule has 1 heterocycles. The van der Waals surface area contributed by atoms with E-state index in [4.69, 9.17) is 0 Å². The maximum atomic E-state index is 10.9. The molecule has 0 saturated carbocycles. The number of anilines is 1. The van der Waals surface area contributed by atoms with E-state index in [1.165, 1.54) is 12.1 Å². The Balaban J connectivity index is 1.85. The zero-order valence-electron chi connectivity index (χ0n) is 14.4. The molecule has 0 unspecified atom stereocenters. The SMILES string of the molecule is C/C(=N/Nc1cc(-c2ccccc2)nc(C)n1)c1cccc([N+](=O)[O-])c1. The van der Waals surface area contributed by atoms with Gasteiger partial charge in [0, 0.05) is 29.3 Å². The molecule has 0 radical (unpaired) electrons. The van der Waals surface area contributed by atoms with Crippen molar-refractivity contribution in [3.05, 3.63) is 82.2 Å². The number of nitrogens with one attached hydrogen (secondary N) is 1. The number of hydrogen-bond donors (Lipinski definition) is 1. The van der Waals surface area contributed by atoms with Gasteiger partial charge in [-0.2, -0.15) is 5.10 Å². The molecule has 0 aliphatic rings. The van der Waals surface area contributed by atoms with Gasteiger partial charge in [0.1, 0.15) is 11.6 Å². The van der Waals surface area contributed by atoms with Crippen molar-refractivity contribution < 1.29 is 4.92 Å². The Bertz CT molecular complexity index is 971. The van der Waals surface area contributed by atoms with E-state index in [9.17, 15) is 10.1 Å². The first-order valence-electron chi connectivity index (χ1n) is 7.99. The van der Waals surface area contributed by atoms with Crippen LogP contribution in [0.15, 0.2) is 65.8 Å². The maximum Gasteiger partial charge on any atom is 0.270 e. The van der Waals surface area contributed by atoms with Gasteiger partial charge >= 0.3 is 0 Å². The van der Waals surface area contributed by atoms with Gasteiger partial charge in [-0.15, -0.1) is 0 Å². The van der Waals surface area contributed by atoms with E-state index < -0.39 is 4.92 Å². The molecule has 0 atom stereocenters. The van der Waals surface area contributed by atoms with Crippen molar-refractivity contribution in [2.45, 2.75) is 13.8 Å². The van der Waals surface area contributed by atoms with E-state index in [-0.39, 0.29) is 5.69 Å². The normalized spacial score (nSPS) is 11.2. The highest BCUT2D eigenvalue weighted by atomic mass is 16.6. The average Bonchev–Trinajstić information content (AvgIpc) is 2.66. The molecule has 1 N–H and O–H groups in total. The van der Waals surface area contributed by atoms with Crippen molar-refractivity contribution in [3.8, 4) is 11.3 Å². The van der Waals surface area contributed by atoms with Crippen molar-refractivity contribution >= 4 is 17.2 Å². The highest BCUT2D eigenvalue weighted by molar-refractivity contribution is 5.99. The highest BCUT2D eigenvalue weighted by Crippen LogP contribution is 2.20. The summed E-state index contributed by atoms with van der Waals surface area (Å²) in [5.41, 5.74) is 6.00. The minimum atomic E-state index is -0.426. The quantitative estimate of drug-likeness (QED) is 0.424. The fourth-order valence-electron chi connectivity index (χ4n) is 2.43. The molecule has 0 aliphatic heterocycles. The summed E-state index contributed by atoms with van der Waals surface area (Å²) in [5.74, 6) is 1.18. The van der Waals surface area contributed by atoms with Crippen molar-refractivity contribution in [2.75, 3.05) is 5.43 Å². The van der Waals surface area contributed by atoms with Crippen LogP contribution >= 0.6 is 0 Å². The monoisotopic (exact) mass is 347 g/mol. The minimum absolute atomic E-state index is 0.0290. The number of nitrogens with zero attached hydrogens (tertiary/aromatic N) is 4. The van der Waals surface area contributed by atoms with Crippen LogP contribution in [0.4, 0.5) is 11.5 Å². The molecule has 1 aromatic heterocycles. The van der Waals surface area contributed by atoms with Gasteiger partial charge in [0.25, 0.3) is 5.69 Å². The van der Waals surface area contributed by atoms with Crippen LogP contribution < -0.4 is 5.43 Å². The molecule has 0 spiro atoms. The van der Waals surface area contributed by atoms with E-state index in [0.29, 0.717) is 22.9 Å². The smallest absolute Gasteiger partial charge is 0.261 e. The maximum absolute atomic E-state index is 10.9. The second-order valence-corrected chi connectivity index (χ2v) is 5.67. The molecule has 0 saturated heterocycles. The number of hydrazone groups is 1. The van der Waals surface area contributed by atoms with E-state index in [1.54, 1.807) is 19.1 Å². The molecule has 3 rings (SSSR count). The summed E-state index contributed by atoms with van der Waals surface area (Å²) in [4.78, 5) is 19.3. The van der Waals surface area contributed by atoms with Crippen LogP contribution in [0.5, 0.6) is 0 Å². The van der Waals surface area contributed by atoms with Crippen LogP contribution in [-0.4, -0.2) is 20.6 Å². The predicted molar refractivity (Wildman–Crippen MR) is 101 cm³/mol. The molecular weight excluding hydrogens is 330 g/mol. The summed E-state index contributed by atoms with van der Waals surface area (Å²) < 4.78 is 0. The molecule has 0 fully saturated rings. The second-order valence-electron chi connectivity index (χ2n) is 5.67. The number of nitro benzene ring substituents is 1. The van der Waals surface area contributed by atoms with Crippen LogP contribution in [0.2, 0.25) is 0 Å². The highest BCUT2D eigenvalue weighted by Gasteiger charge is 2.08. The molecule has 2 aromatic carbocycles. The lowest BCUT2D eigenvalue weighted by Crippen LogP contribution is -2.03. The Morgan fingerprint density at radius 2 is 1.85 bits per heavy atom. The number of hydrogen-bond acceptors (Lipinski definition) is 6. The van der Waals surface area contributed by atoms with Crippen molar-refractivity contribution in [2.24, 2.45) is 5.10 Å². The summed E-state index contributed by atoms with van der Waals surface area (Å²) in [6.45, 7) is 3.59. The number of aromatic nitrogens is 2. The first-order chi connectivity index (χ1) is 12.5. The lowest BCUT2D eigenvalue weighted by Gasteiger charge is -2.07. The Morgan fingerprint density at radius 1 is 1.08 bits per heavy atom. The van der Waals surface area contributed by atoms with E-state index in [0.717, 1.165) is 11.3 Å². The number of non-ortho nitro benzene ring substituents is 1. The topological polar surface area (TPSA) is 93.3 Å². The minimum Gasteiger partial charge on any atom is -0.261 e. The van der Waals surface area contributed by atoms with Gasteiger partial charge < -0.3 is 0 Å². The molecule has 0 amide bonds. The number of aryl methyl sites for hydroxylation is 1. The van der Waals surface area contributed by atoms with Crippen LogP contribution in [0, 0.1) is 17.0 Å². The van der Waals surface area contributed by atoms with Crippen LogP contribution in [0.1, 0.15) is 18.3 Å². The van der Waals surface area contributed by atoms with Crippen LogP contribution in [-0.2, 0) is 0 Å². The first-order valence-corrected chi connectivity index (χ1v) is 7.99. The Morgan fingerprint density at radius 3 is 2.58 bits per heavy atom. The lowest BCUT2D eigenvalue weighted by molar-refractivity contribution is -0.384. The molecule has 130 valence electrons. The number of nitro groups is 1. The lowest BCUT2D eigenvalue weighted by atomic mass is 10.1. The molecule has 7 heteroatoms. The third kappa shape index (κ3) is 4.07. The zero-order chi connectivity index (χ0) is 18.5. The second kappa shape index (κ2) is 7.52. The number of rotatable bonds is 5. The fraction of sp³-hybridized carbons (Fsp3) is 0.105. The summed E-state index contributed by atoms with van der Waals surface area (Å²) in [6.07, 6.45) is 0. The molecule has 0 aliphatic carbocycles. The average molecular weight is 347 g/mol. The van der Waals surface area contributed by atoms with Gasteiger partial charge in [-0.25, -0.2) is 9.97 Å². The molecule has 3 aromatic rings. The Kier molecular flexibility index (Phi) is 4.98. The summed E-state index contributed by atoms with van der Waals surface area (Å²) in [7, 11) is 0. The largest absolute Gasteiger partial charge is 0.270 e. The predicted octanol–water partition coefficient (Wildman–Crippen LogP) is 4.20. The summed E-state index contributed by atoms with van der Waals surface area (Å²) in [5, 5.41) is 15.2. The van der Waals surface area contributed by atoms with E-state index in [1.807, 2.05) is 43.3 Å². The third-order valence-corrected chi connectivity index (χ3v) is 3.72. The fourth-order valence-corrected chi connectivity index (χ4v) is 2.43. The Labute approximate surface area is 150 Å². The van der Waals surface area contributed by atoms with Crippen molar-refractivity contribution in [1.29, 1.82) is 0 Å². The van der Waals surface area contributed by atoms with Gasteiger partial charge in [-0.1, -0.05) is 42.5 Å². The zero-order valence-corrected chi connectivity index (χ0v) is 14.4. The van der Waals surface area contributed by atoms with Gasteiger partial charge in [0.2, 0.25) is 0 Å². The first kappa shape index (κ1) is 17.2. The molecule has 7 nitrogen and oxygen atoms in total. The molecule has 0 bridgehead atoms. The summed E-state index contributed by atoms with van der Waals surface area (Å²) in [6, 6.07) is 17.9. The molecule has 26 heavy (non-hydrogen) atoms. The van der Waals surface area contributed by atoms with Crippen molar-refractivity contribution in [1.82, 2.24) is 9.97 Å². The van der Waals surface area contributed by atoms with Crippen molar-refractivity contribution in [3.63, 3.8) is 0 Å². The van der Waals surface area contributed by atoms with E-state index in [2.05, 4.69) is 20.5 Å². The van der Waals surface area contributed by atoms with Gasteiger partial charge in [-0.05, 0) is 13.8 Å². The van der Waals surface area contributed by atoms with Crippen LogP contribution in [0.25, 0.3) is 11.3 Å². The molecular formula is C19H17N5O2. The Hall–Kier alpha value is -3.61. The number of benzene rings is 2. The van der Waals surface area contributed by atoms with E-state index >= 15 is 0 Å². The van der Waals surface area contributed by atoms with Gasteiger partial charge in [0.05, 0.1) is 16.3 Å². The van der Waals surface area contributed by atoms with Gasteiger partial charge in [0.15, 0.2) is 0 Å². The third-order valence-electron chi connectivity index (χ3n) is 3.72. The van der Waals surface area contributed by atoms with Gasteiger partial charge in [-0.3, -0.25) is 15.5 Å².